The van der Waals surface area contributed by atoms with Crippen molar-refractivity contribution in [2.45, 2.75) is 27.3 Å². The van der Waals surface area contributed by atoms with E-state index in [4.69, 9.17) is 4.74 Å². The highest BCUT2D eigenvalue weighted by molar-refractivity contribution is 5.67. The molecule has 3 heteroatoms. The molecule has 1 aromatic carbocycles. The van der Waals surface area contributed by atoms with E-state index in [-0.39, 0.29) is 6.09 Å². The van der Waals surface area contributed by atoms with Crippen LogP contribution in [0.5, 0.6) is 0 Å². The molecule has 0 bridgehead atoms. The van der Waals surface area contributed by atoms with Gasteiger partial charge in [0.1, 0.15) is 0 Å². The second-order valence-corrected chi connectivity index (χ2v) is 3.97. The predicted octanol–water partition coefficient (Wildman–Crippen LogP) is 2.89. The van der Waals surface area contributed by atoms with Gasteiger partial charge in [-0.05, 0) is 37.5 Å². The Morgan fingerprint density at radius 2 is 2.00 bits per heavy atom. The molecule has 0 spiro atoms. The zero-order valence-electron chi connectivity index (χ0n) is 10.4. The summed E-state index contributed by atoms with van der Waals surface area (Å²) < 4.78 is 4.92. The largest absolute Gasteiger partial charge is 0.450 e. The molecule has 3 nitrogen and oxygen atoms in total. The maximum Gasteiger partial charge on any atom is 0.409 e. The standard InChI is InChI=1S/C13H19NO2/c1-5-16-13(15)14(4)9-12-7-6-10(2)11(3)8-12/h6-8H,5,9H2,1-4H3. The maximum atomic E-state index is 11.4. The monoisotopic (exact) mass is 221 g/mol. The third-order valence-electron chi connectivity index (χ3n) is 2.57. The van der Waals surface area contributed by atoms with Crippen molar-refractivity contribution in [1.29, 1.82) is 0 Å². The Balaban J connectivity index is 2.66. The summed E-state index contributed by atoms with van der Waals surface area (Å²) in [7, 11) is 1.74. The summed E-state index contributed by atoms with van der Waals surface area (Å²) in [6, 6.07) is 6.22. The normalized spacial score (nSPS) is 10.0. The molecule has 0 atom stereocenters. The third-order valence-corrected chi connectivity index (χ3v) is 2.57. The van der Waals surface area contributed by atoms with Gasteiger partial charge in [0.25, 0.3) is 0 Å². The first kappa shape index (κ1) is 12.6. The number of benzene rings is 1. The zero-order valence-corrected chi connectivity index (χ0v) is 10.4. The second kappa shape index (κ2) is 5.54. The minimum absolute atomic E-state index is 0.277. The van der Waals surface area contributed by atoms with Gasteiger partial charge in [0.2, 0.25) is 0 Å². The van der Waals surface area contributed by atoms with Gasteiger partial charge in [-0.2, -0.15) is 0 Å². The molecular weight excluding hydrogens is 202 g/mol. The average Bonchev–Trinajstić information content (AvgIpc) is 2.24. The number of amides is 1. The van der Waals surface area contributed by atoms with Crippen molar-refractivity contribution in [1.82, 2.24) is 4.90 Å². The number of carbonyl (C=O) groups is 1. The number of hydrogen-bond donors (Lipinski definition) is 0. The third kappa shape index (κ3) is 3.26. The van der Waals surface area contributed by atoms with E-state index in [1.54, 1.807) is 11.9 Å². The highest BCUT2D eigenvalue weighted by atomic mass is 16.5. The number of rotatable bonds is 3. The minimum Gasteiger partial charge on any atom is -0.450 e. The van der Waals surface area contributed by atoms with Crippen LogP contribution in [0.3, 0.4) is 0 Å². The molecular formula is C13H19NO2. The van der Waals surface area contributed by atoms with E-state index in [1.165, 1.54) is 11.1 Å². The molecule has 1 rings (SSSR count). The number of aryl methyl sites for hydroxylation is 2. The van der Waals surface area contributed by atoms with E-state index in [2.05, 4.69) is 26.0 Å². The maximum absolute atomic E-state index is 11.4. The lowest BCUT2D eigenvalue weighted by molar-refractivity contribution is 0.114. The molecule has 0 saturated carbocycles. The van der Waals surface area contributed by atoms with Crippen molar-refractivity contribution in [3.8, 4) is 0 Å². The fourth-order valence-electron chi connectivity index (χ4n) is 1.47. The summed E-state index contributed by atoms with van der Waals surface area (Å²) in [5.74, 6) is 0. The Morgan fingerprint density at radius 1 is 1.31 bits per heavy atom. The van der Waals surface area contributed by atoms with Gasteiger partial charge in [0.05, 0.1) is 6.61 Å². The van der Waals surface area contributed by atoms with Crippen LogP contribution < -0.4 is 0 Å². The highest BCUT2D eigenvalue weighted by Gasteiger charge is 2.09. The summed E-state index contributed by atoms with van der Waals surface area (Å²) in [6.45, 7) is 6.95. The average molecular weight is 221 g/mol. The van der Waals surface area contributed by atoms with Crippen LogP contribution in [0.1, 0.15) is 23.6 Å². The lowest BCUT2D eigenvalue weighted by atomic mass is 10.1. The molecule has 0 N–H and O–H groups in total. The highest BCUT2D eigenvalue weighted by Crippen LogP contribution is 2.11. The van der Waals surface area contributed by atoms with Crippen molar-refractivity contribution in [3.63, 3.8) is 0 Å². The van der Waals surface area contributed by atoms with Gasteiger partial charge < -0.3 is 9.64 Å². The van der Waals surface area contributed by atoms with E-state index in [1.807, 2.05) is 13.0 Å². The van der Waals surface area contributed by atoms with Gasteiger partial charge >= 0.3 is 6.09 Å². The quantitative estimate of drug-likeness (QED) is 0.785. The first-order valence-electron chi connectivity index (χ1n) is 5.48. The lowest BCUT2D eigenvalue weighted by Crippen LogP contribution is -2.26. The fraction of sp³-hybridized carbons (Fsp3) is 0.462. The van der Waals surface area contributed by atoms with Gasteiger partial charge in [-0.15, -0.1) is 0 Å². The molecule has 0 aliphatic carbocycles. The van der Waals surface area contributed by atoms with Crippen LogP contribution in [0.2, 0.25) is 0 Å². The van der Waals surface area contributed by atoms with E-state index in [0.29, 0.717) is 13.2 Å². The Kier molecular flexibility index (Phi) is 4.35. The molecule has 0 aromatic heterocycles. The number of nitrogens with zero attached hydrogens (tertiary/aromatic N) is 1. The lowest BCUT2D eigenvalue weighted by Gasteiger charge is -2.17. The van der Waals surface area contributed by atoms with Gasteiger partial charge in [0.15, 0.2) is 0 Å². The van der Waals surface area contributed by atoms with Crippen LogP contribution >= 0.6 is 0 Å². The summed E-state index contributed by atoms with van der Waals surface area (Å²) in [5.41, 5.74) is 3.64. The van der Waals surface area contributed by atoms with Gasteiger partial charge in [-0.25, -0.2) is 4.79 Å². The Labute approximate surface area is 97.0 Å². The van der Waals surface area contributed by atoms with Crippen LogP contribution in [0.15, 0.2) is 18.2 Å². The molecule has 0 aliphatic heterocycles. The molecule has 0 saturated heterocycles. The first-order chi connectivity index (χ1) is 7.54. The first-order valence-corrected chi connectivity index (χ1v) is 5.48. The van der Waals surface area contributed by atoms with Crippen LogP contribution in [0, 0.1) is 13.8 Å². The Hall–Kier alpha value is -1.51. The van der Waals surface area contributed by atoms with Gasteiger partial charge in [-0.1, -0.05) is 18.2 Å². The molecule has 0 radical (unpaired) electrons. The smallest absolute Gasteiger partial charge is 0.409 e. The van der Waals surface area contributed by atoms with E-state index < -0.39 is 0 Å². The van der Waals surface area contributed by atoms with Gasteiger partial charge in [-0.3, -0.25) is 0 Å². The van der Waals surface area contributed by atoms with Crippen molar-refractivity contribution in [2.75, 3.05) is 13.7 Å². The van der Waals surface area contributed by atoms with Crippen molar-refractivity contribution < 1.29 is 9.53 Å². The second-order valence-electron chi connectivity index (χ2n) is 3.97. The van der Waals surface area contributed by atoms with Crippen LogP contribution in [0.4, 0.5) is 4.79 Å². The number of carbonyl (C=O) groups excluding carboxylic acids is 1. The summed E-state index contributed by atoms with van der Waals surface area (Å²) in [6.07, 6.45) is -0.277. The van der Waals surface area contributed by atoms with Crippen LogP contribution in [-0.2, 0) is 11.3 Å². The van der Waals surface area contributed by atoms with Crippen molar-refractivity contribution in [2.24, 2.45) is 0 Å². The van der Waals surface area contributed by atoms with Crippen molar-refractivity contribution in [3.05, 3.63) is 34.9 Å². The molecule has 0 aliphatic rings. The minimum atomic E-state index is -0.277. The van der Waals surface area contributed by atoms with Gasteiger partial charge in [0, 0.05) is 13.6 Å². The molecule has 16 heavy (non-hydrogen) atoms. The van der Waals surface area contributed by atoms with E-state index in [0.717, 1.165) is 5.56 Å². The number of hydrogen-bond acceptors (Lipinski definition) is 2. The Morgan fingerprint density at radius 3 is 2.56 bits per heavy atom. The topological polar surface area (TPSA) is 29.5 Å². The molecule has 0 fully saturated rings. The van der Waals surface area contributed by atoms with Crippen molar-refractivity contribution >= 4 is 6.09 Å². The molecule has 0 heterocycles. The SMILES string of the molecule is CCOC(=O)N(C)Cc1ccc(C)c(C)c1. The Bertz CT molecular complexity index is 374. The molecule has 1 amide bonds. The summed E-state index contributed by atoms with van der Waals surface area (Å²) in [5, 5.41) is 0. The summed E-state index contributed by atoms with van der Waals surface area (Å²) in [4.78, 5) is 13.0. The molecule has 88 valence electrons. The van der Waals surface area contributed by atoms with Crippen LogP contribution in [-0.4, -0.2) is 24.6 Å². The van der Waals surface area contributed by atoms with Crippen LogP contribution in [0.25, 0.3) is 0 Å². The molecule has 1 aromatic rings. The summed E-state index contributed by atoms with van der Waals surface area (Å²) >= 11 is 0. The predicted molar refractivity (Wildman–Crippen MR) is 64.4 cm³/mol. The van der Waals surface area contributed by atoms with E-state index >= 15 is 0 Å². The van der Waals surface area contributed by atoms with E-state index in [9.17, 15) is 4.79 Å². The zero-order chi connectivity index (χ0) is 12.1. The molecule has 0 unspecified atom stereocenters. The number of ether oxygens (including phenoxy) is 1. The fourth-order valence-corrected chi connectivity index (χ4v) is 1.47.